The zero-order chi connectivity index (χ0) is 14.9. The summed E-state index contributed by atoms with van der Waals surface area (Å²) >= 11 is 0. The quantitative estimate of drug-likeness (QED) is 0.839. The first kappa shape index (κ1) is 13.9. The summed E-state index contributed by atoms with van der Waals surface area (Å²) < 4.78 is 39.6. The minimum atomic E-state index is -4.17. The van der Waals surface area contributed by atoms with Crippen LogP contribution in [0, 0.1) is 22.2 Å². The van der Waals surface area contributed by atoms with E-state index < -0.39 is 17.0 Å². The maximum Gasteiger partial charge on any atom is 0.396 e. The van der Waals surface area contributed by atoms with E-state index in [0.29, 0.717) is 12.0 Å². The van der Waals surface area contributed by atoms with Crippen molar-refractivity contribution < 1.29 is 18.0 Å². The highest BCUT2D eigenvalue weighted by molar-refractivity contribution is 5.80. The molecule has 3 nitrogen and oxygen atoms in total. The average Bonchev–Trinajstić information content (AvgIpc) is 2.81. The number of hydrogen-bond acceptors (Lipinski definition) is 2. The third-order valence-corrected chi connectivity index (χ3v) is 6.71. The molecule has 0 aromatic carbocycles. The van der Waals surface area contributed by atoms with Crippen molar-refractivity contribution in [1.29, 1.82) is 0 Å². The highest BCUT2D eigenvalue weighted by atomic mass is 19.4. The predicted octanol–water partition coefficient (Wildman–Crippen LogP) is 2.22. The van der Waals surface area contributed by atoms with Crippen LogP contribution in [-0.4, -0.2) is 31.7 Å². The van der Waals surface area contributed by atoms with Crippen molar-refractivity contribution in [2.24, 2.45) is 22.2 Å². The first-order valence-electron chi connectivity index (χ1n) is 7.87. The van der Waals surface area contributed by atoms with E-state index in [1.165, 1.54) is 19.3 Å². The number of nitrogens with one attached hydrogen (secondary N) is 2. The predicted molar refractivity (Wildman–Crippen MR) is 70.4 cm³/mol. The van der Waals surface area contributed by atoms with Gasteiger partial charge in [0.15, 0.2) is 0 Å². The van der Waals surface area contributed by atoms with Crippen LogP contribution in [0.5, 0.6) is 0 Å². The average molecular weight is 302 g/mol. The lowest BCUT2D eigenvalue weighted by atomic mass is 9.51. The van der Waals surface area contributed by atoms with E-state index in [1.54, 1.807) is 0 Å². The monoisotopic (exact) mass is 302 g/mol. The summed E-state index contributed by atoms with van der Waals surface area (Å²) in [5, 5.41) is 5.66. The van der Waals surface area contributed by atoms with Gasteiger partial charge in [-0.3, -0.25) is 4.79 Å². The fourth-order valence-electron chi connectivity index (χ4n) is 4.98. The van der Waals surface area contributed by atoms with Crippen LogP contribution in [0.15, 0.2) is 0 Å². The van der Waals surface area contributed by atoms with Crippen LogP contribution in [0.3, 0.4) is 0 Å². The van der Waals surface area contributed by atoms with Crippen molar-refractivity contribution in [1.82, 2.24) is 10.6 Å². The maximum atomic E-state index is 13.2. The maximum absolute atomic E-state index is 13.2. The van der Waals surface area contributed by atoms with Crippen molar-refractivity contribution in [3.05, 3.63) is 0 Å². The van der Waals surface area contributed by atoms with Crippen LogP contribution in [-0.2, 0) is 4.79 Å². The van der Waals surface area contributed by atoms with Crippen LogP contribution < -0.4 is 10.6 Å². The molecule has 1 spiro atoms. The van der Waals surface area contributed by atoms with Crippen LogP contribution in [0.1, 0.15) is 38.5 Å². The molecular formula is C15H21F3N2O. The van der Waals surface area contributed by atoms with Gasteiger partial charge in [0, 0.05) is 31.0 Å². The minimum absolute atomic E-state index is 0.00108. The normalized spacial score (nSPS) is 40.3. The lowest BCUT2D eigenvalue weighted by molar-refractivity contribution is -0.190. The zero-order valence-electron chi connectivity index (χ0n) is 12.0. The molecule has 1 aliphatic heterocycles. The molecule has 0 radical (unpaired) electrons. The largest absolute Gasteiger partial charge is 0.396 e. The molecular weight excluding hydrogens is 281 g/mol. The first-order valence-corrected chi connectivity index (χ1v) is 7.87. The number of piperidine rings is 1. The van der Waals surface area contributed by atoms with E-state index in [1.807, 2.05) is 0 Å². The third-order valence-electron chi connectivity index (χ3n) is 6.71. The molecule has 2 atom stereocenters. The Morgan fingerprint density at radius 1 is 1.24 bits per heavy atom. The van der Waals surface area contributed by atoms with E-state index >= 15 is 0 Å². The molecule has 3 aliphatic carbocycles. The molecule has 0 unspecified atom stereocenters. The number of rotatable bonds is 3. The minimum Gasteiger partial charge on any atom is -0.355 e. The van der Waals surface area contributed by atoms with Crippen molar-refractivity contribution in [3.63, 3.8) is 0 Å². The summed E-state index contributed by atoms with van der Waals surface area (Å²) in [6, 6.07) is 0. The molecule has 4 fully saturated rings. The summed E-state index contributed by atoms with van der Waals surface area (Å²) in [5.74, 6) is 0.00636. The van der Waals surface area contributed by atoms with Gasteiger partial charge in [-0.1, -0.05) is 6.42 Å². The fourth-order valence-corrected chi connectivity index (χ4v) is 4.98. The molecule has 4 rings (SSSR count). The fraction of sp³-hybridized carbons (Fsp3) is 0.933. The molecule has 3 saturated carbocycles. The number of carbonyl (C=O) groups excluding carboxylic acids is 1. The van der Waals surface area contributed by atoms with Crippen molar-refractivity contribution in [2.45, 2.75) is 44.7 Å². The van der Waals surface area contributed by atoms with Crippen molar-refractivity contribution in [3.8, 4) is 0 Å². The van der Waals surface area contributed by atoms with Gasteiger partial charge in [0.05, 0.1) is 5.41 Å². The van der Waals surface area contributed by atoms with Crippen LogP contribution >= 0.6 is 0 Å². The molecule has 0 aromatic rings. The number of hydrogen-bond donors (Lipinski definition) is 2. The van der Waals surface area contributed by atoms with Crippen LogP contribution in [0.2, 0.25) is 0 Å². The Hall–Kier alpha value is -0.780. The first-order chi connectivity index (χ1) is 9.82. The summed E-state index contributed by atoms with van der Waals surface area (Å²) in [5.41, 5.74) is -1.97. The zero-order valence-corrected chi connectivity index (χ0v) is 12.0. The number of fused-ring (bicyclic) bond motifs is 1. The second-order valence-corrected chi connectivity index (χ2v) is 7.82. The van der Waals surface area contributed by atoms with Gasteiger partial charge < -0.3 is 10.6 Å². The lowest BCUT2D eigenvalue weighted by Crippen LogP contribution is -2.50. The second kappa shape index (κ2) is 3.94. The highest BCUT2D eigenvalue weighted by Gasteiger charge is 2.81. The molecule has 1 saturated heterocycles. The summed E-state index contributed by atoms with van der Waals surface area (Å²) in [7, 11) is 0. The van der Waals surface area contributed by atoms with Gasteiger partial charge >= 0.3 is 6.18 Å². The molecule has 1 heterocycles. The van der Waals surface area contributed by atoms with E-state index in [-0.39, 0.29) is 31.3 Å². The number of halogens is 3. The summed E-state index contributed by atoms with van der Waals surface area (Å²) in [6.07, 6.45) is 1.57. The molecule has 21 heavy (non-hydrogen) atoms. The van der Waals surface area contributed by atoms with Crippen molar-refractivity contribution >= 4 is 5.91 Å². The molecule has 6 heteroatoms. The number of carbonyl (C=O) groups is 1. The smallest absolute Gasteiger partial charge is 0.355 e. The van der Waals surface area contributed by atoms with E-state index in [9.17, 15) is 18.0 Å². The summed E-state index contributed by atoms with van der Waals surface area (Å²) in [6.45, 7) is 0.530. The lowest BCUT2D eigenvalue weighted by Gasteiger charge is -2.53. The van der Waals surface area contributed by atoms with E-state index in [0.717, 1.165) is 12.8 Å². The standard InChI is InChI=1S/C15H21F3N2O/c16-15(17,18)14-6-13(14,7-19-9-14)8-20-11(21)10-4-12(5-10)2-1-3-12/h10,19H,1-9H2,(H,20,21)/t13-,14-/m0/s1. The molecule has 0 aromatic heterocycles. The van der Waals surface area contributed by atoms with Gasteiger partial charge in [-0.15, -0.1) is 0 Å². The Morgan fingerprint density at radius 2 is 1.95 bits per heavy atom. The Kier molecular flexibility index (Phi) is 2.60. The van der Waals surface area contributed by atoms with Gasteiger partial charge in [0.25, 0.3) is 0 Å². The van der Waals surface area contributed by atoms with Gasteiger partial charge in [0.1, 0.15) is 0 Å². The van der Waals surface area contributed by atoms with Crippen molar-refractivity contribution in [2.75, 3.05) is 19.6 Å². The van der Waals surface area contributed by atoms with Gasteiger partial charge in [-0.2, -0.15) is 13.2 Å². The SMILES string of the molecule is O=C(NC[C@]12CNC[C@@]1(C(F)(F)F)C2)C1CC2(CCC2)C1. The Balaban J connectivity index is 1.33. The molecule has 4 aliphatic rings. The van der Waals surface area contributed by atoms with Gasteiger partial charge in [-0.05, 0) is 37.5 Å². The Morgan fingerprint density at radius 3 is 2.48 bits per heavy atom. The van der Waals surface area contributed by atoms with Gasteiger partial charge in [0.2, 0.25) is 5.91 Å². The molecule has 1 amide bonds. The second-order valence-electron chi connectivity index (χ2n) is 7.82. The Labute approximate surface area is 122 Å². The Bertz CT molecular complexity index is 480. The highest BCUT2D eigenvalue weighted by Crippen LogP contribution is 2.72. The summed E-state index contributed by atoms with van der Waals surface area (Å²) in [4.78, 5) is 12.1. The molecule has 118 valence electrons. The number of alkyl halides is 3. The van der Waals surface area contributed by atoms with Gasteiger partial charge in [-0.25, -0.2) is 0 Å². The topological polar surface area (TPSA) is 41.1 Å². The van der Waals surface area contributed by atoms with E-state index in [4.69, 9.17) is 0 Å². The van der Waals surface area contributed by atoms with Crippen LogP contribution in [0.4, 0.5) is 13.2 Å². The third kappa shape index (κ3) is 1.74. The number of amides is 1. The molecule has 2 N–H and O–H groups in total. The van der Waals surface area contributed by atoms with Crippen LogP contribution in [0.25, 0.3) is 0 Å². The van der Waals surface area contributed by atoms with E-state index in [2.05, 4.69) is 10.6 Å². The molecule has 0 bridgehead atoms.